The van der Waals surface area contributed by atoms with Gasteiger partial charge in [0.15, 0.2) is 0 Å². The summed E-state index contributed by atoms with van der Waals surface area (Å²) in [5, 5.41) is 0. The van der Waals surface area contributed by atoms with E-state index in [4.69, 9.17) is 10.5 Å². The molecule has 2 rings (SSSR count). The molecule has 2 aromatic carbocycles. The fourth-order valence-electron chi connectivity index (χ4n) is 2.25. The van der Waals surface area contributed by atoms with E-state index in [0.29, 0.717) is 13.2 Å². The third-order valence-electron chi connectivity index (χ3n) is 3.45. The molecule has 0 spiro atoms. The zero-order chi connectivity index (χ0) is 14.9. The highest BCUT2D eigenvalue weighted by Gasteiger charge is 2.05. The number of benzene rings is 2. The van der Waals surface area contributed by atoms with Crippen molar-refractivity contribution in [1.29, 1.82) is 0 Å². The first kappa shape index (κ1) is 15.5. The van der Waals surface area contributed by atoms with Crippen LogP contribution in [0.25, 0.3) is 0 Å². The van der Waals surface area contributed by atoms with Gasteiger partial charge in [-0.05, 0) is 24.2 Å². The Kier molecular flexibility index (Phi) is 6.25. The predicted molar refractivity (Wildman–Crippen MR) is 87.7 cm³/mol. The van der Waals surface area contributed by atoms with Crippen molar-refractivity contribution in [2.75, 3.05) is 33.3 Å². The Morgan fingerprint density at radius 3 is 2.43 bits per heavy atom. The Morgan fingerprint density at radius 2 is 1.67 bits per heavy atom. The summed E-state index contributed by atoms with van der Waals surface area (Å²) in [5.41, 5.74) is 8.07. The second kappa shape index (κ2) is 8.45. The van der Waals surface area contributed by atoms with Gasteiger partial charge in [0.1, 0.15) is 12.4 Å². The molecule has 0 aliphatic rings. The Labute approximate surface area is 127 Å². The zero-order valence-electron chi connectivity index (χ0n) is 12.7. The highest BCUT2D eigenvalue weighted by atomic mass is 16.5. The Hall–Kier alpha value is -1.84. The number of nitrogens with two attached hydrogens (primary N) is 1. The highest BCUT2D eigenvalue weighted by Crippen LogP contribution is 2.21. The quantitative estimate of drug-likeness (QED) is 0.809. The molecule has 2 N–H and O–H groups in total. The molecule has 0 aliphatic carbocycles. The van der Waals surface area contributed by atoms with Gasteiger partial charge >= 0.3 is 0 Å². The average Bonchev–Trinajstić information content (AvgIpc) is 2.50. The predicted octanol–water partition coefficient (Wildman–Crippen LogP) is 2.55. The van der Waals surface area contributed by atoms with Crippen LogP contribution in [-0.4, -0.2) is 38.2 Å². The second-order valence-electron chi connectivity index (χ2n) is 5.21. The van der Waals surface area contributed by atoms with Gasteiger partial charge in [-0.25, -0.2) is 0 Å². The van der Waals surface area contributed by atoms with Gasteiger partial charge in [0, 0.05) is 26.1 Å². The summed E-state index contributed by atoms with van der Waals surface area (Å²) < 4.78 is 5.94. The molecular formula is C18H24N2O. The molecule has 0 amide bonds. The number of hydrogen-bond donors (Lipinski definition) is 1. The molecule has 0 unspecified atom stereocenters. The molecule has 3 heteroatoms. The Morgan fingerprint density at radius 1 is 0.952 bits per heavy atom. The molecule has 0 radical (unpaired) electrons. The van der Waals surface area contributed by atoms with Crippen LogP contribution in [0.15, 0.2) is 54.6 Å². The molecule has 0 bridgehead atoms. The monoisotopic (exact) mass is 284 g/mol. The summed E-state index contributed by atoms with van der Waals surface area (Å²) in [6.07, 6.45) is 0.898. The molecule has 0 aliphatic heterocycles. The molecule has 0 aromatic heterocycles. The maximum atomic E-state index is 5.94. The van der Waals surface area contributed by atoms with Gasteiger partial charge < -0.3 is 15.4 Å². The normalized spacial score (nSPS) is 10.8. The van der Waals surface area contributed by atoms with Gasteiger partial charge in [0.05, 0.1) is 0 Å². The number of para-hydroxylation sites is 1. The SMILES string of the molecule is CN(CCN)CCOc1ccccc1Cc1ccccc1. The number of nitrogens with zero attached hydrogens (tertiary/aromatic N) is 1. The van der Waals surface area contributed by atoms with E-state index in [2.05, 4.69) is 48.3 Å². The minimum Gasteiger partial charge on any atom is -0.492 e. The molecule has 21 heavy (non-hydrogen) atoms. The lowest BCUT2D eigenvalue weighted by Gasteiger charge is -2.17. The lowest BCUT2D eigenvalue weighted by atomic mass is 10.0. The zero-order valence-corrected chi connectivity index (χ0v) is 12.7. The largest absolute Gasteiger partial charge is 0.492 e. The van der Waals surface area contributed by atoms with Crippen molar-refractivity contribution >= 4 is 0 Å². The van der Waals surface area contributed by atoms with Crippen molar-refractivity contribution in [3.05, 3.63) is 65.7 Å². The van der Waals surface area contributed by atoms with Gasteiger partial charge in [0.25, 0.3) is 0 Å². The van der Waals surface area contributed by atoms with Crippen LogP contribution in [0, 0.1) is 0 Å². The molecule has 0 fully saturated rings. The number of hydrogen-bond acceptors (Lipinski definition) is 3. The summed E-state index contributed by atoms with van der Waals surface area (Å²) in [6.45, 7) is 3.15. The van der Waals surface area contributed by atoms with Gasteiger partial charge in [-0.2, -0.15) is 0 Å². The van der Waals surface area contributed by atoms with E-state index < -0.39 is 0 Å². The van der Waals surface area contributed by atoms with Crippen LogP contribution >= 0.6 is 0 Å². The summed E-state index contributed by atoms with van der Waals surface area (Å²) in [6, 6.07) is 18.7. The molecule has 0 saturated heterocycles. The molecule has 0 atom stereocenters. The second-order valence-corrected chi connectivity index (χ2v) is 5.21. The molecule has 112 valence electrons. The lowest BCUT2D eigenvalue weighted by molar-refractivity contribution is 0.239. The van der Waals surface area contributed by atoms with Crippen molar-refractivity contribution in [3.8, 4) is 5.75 Å². The minimum atomic E-state index is 0.682. The van der Waals surface area contributed by atoms with Gasteiger partial charge in [-0.1, -0.05) is 48.5 Å². The maximum Gasteiger partial charge on any atom is 0.122 e. The van der Waals surface area contributed by atoms with Crippen LogP contribution < -0.4 is 10.5 Å². The molecule has 0 heterocycles. The van der Waals surface area contributed by atoms with Crippen LogP contribution in [0.3, 0.4) is 0 Å². The Balaban J connectivity index is 1.94. The van der Waals surface area contributed by atoms with Crippen LogP contribution in [0.2, 0.25) is 0 Å². The van der Waals surface area contributed by atoms with E-state index in [1.807, 2.05) is 18.2 Å². The first-order valence-corrected chi connectivity index (χ1v) is 7.43. The summed E-state index contributed by atoms with van der Waals surface area (Å²) in [7, 11) is 2.06. The van der Waals surface area contributed by atoms with Crippen molar-refractivity contribution in [3.63, 3.8) is 0 Å². The number of likely N-dealkylation sites (N-methyl/N-ethyl adjacent to an activating group) is 1. The number of rotatable bonds is 8. The van der Waals surface area contributed by atoms with Crippen LogP contribution in [-0.2, 0) is 6.42 Å². The fraction of sp³-hybridized carbons (Fsp3) is 0.333. The average molecular weight is 284 g/mol. The minimum absolute atomic E-state index is 0.682. The summed E-state index contributed by atoms with van der Waals surface area (Å²) in [5.74, 6) is 0.975. The fourth-order valence-corrected chi connectivity index (χ4v) is 2.25. The standard InChI is InChI=1S/C18H24N2O/c1-20(12-11-19)13-14-21-18-10-6-5-9-17(18)15-16-7-3-2-4-8-16/h2-10H,11-15,19H2,1H3. The van der Waals surface area contributed by atoms with Crippen molar-refractivity contribution in [2.24, 2.45) is 5.73 Å². The van der Waals surface area contributed by atoms with Gasteiger partial charge in [0.2, 0.25) is 0 Å². The first-order chi connectivity index (χ1) is 10.3. The van der Waals surface area contributed by atoms with Gasteiger partial charge in [-0.15, -0.1) is 0 Å². The van der Waals surface area contributed by atoms with Crippen molar-refractivity contribution in [1.82, 2.24) is 4.90 Å². The maximum absolute atomic E-state index is 5.94. The molecule has 2 aromatic rings. The third-order valence-corrected chi connectivity index (χ3v) is 3.45. The topological polar surface area (TPSA) is 38.5 Å². The van der Waals surface area contributed by atoms with E-state index in [1.54, 1.807) is 0 Å². The Bertz CT molecular complexity index is 528. The van der Waals surface area contributed by atoms with E-state index in [-0.39, 0.29) is 0 Å². The van der Waals surface area contributed by atoms with Crippen LogP contribution in [0.5, 0.6) is 5.75 Å². The molecular weight excluding hydrogens is 260 g/mol. The van der Waals surface area contributed by atoms with E-state index >= 15 is 0 Å². The third kappa shape index (κ3) is 5.21. The first-order valence-electron chi connectivity index (χ1n) is 7.43. The summed E-state index contributed by atoms with van der Waals surface area (Å²) in [4.78, 5) is 2.18. The lowest BCUT2D eigenvalue weighted by Crippen LogP contribution is -2.29. The van der Waals surface area contributed by atoms with Crippen molar-refractivity contribution in [2.45, 2.75) is 6.42 Å². The van der Waals surface area contributed by atoms with E-state index in [1.165, 1.54) is 11.1 Å². The van der Waals surface area contributed by atoms with E-state index in [0.717, 1.165) is 25.3 Å². The van der Waals surface area contributed by atoms with Gasteiger partial charge in [-0.3, -0.25) is 0 Å². The molecule has 0 saturated carbocycles. The highest BCUT2D eigenvalue weighted by molar-refractivity contribution is 5.37. The van der Waals surface area contributed by atoms with Crippen LogP contribution in [0.4, 0.5) is 0 Å². The number of ether oxygens (including phenoxy) is 1. The van der Waals surface area contributed by atoms with Crippen LogP contribution in [0.1, 0.15) is 11.1 Å². The smallest absolute Gasteiger partial charge is 0.122 e. The summed E-state index contributed by atoms with van der Waals surface area (Å²) >= 11 is 0. The molecule has 3 nitrogen and oxygen atoms in total. The van der Waals surface area contributed by atoms with Crippen molar-refractivity contribution < 1.29 is 4.74 Å². The van der Waals surface area contributed by atoms with E-state index in [9.17, 15) is 0 Å².